The average molecular weight is 493 g/mol. The average Bonchev–Trinajstić information content (AvgIpc) is 2.78. The molecular formula is C22H22Cl2N4O5. The number of hydrogen-bond acceptors (Lipinski definition) is 6. The summed E-state index contributed by atoms with van der Waals surface area (Å²) >= 11 is 12.0. The van der Waals surface area contributed by atoms with E-state index in [-0.39, 0.29) is 35.4 Å². The third-order valence-corrected chi connectivity index (χ3v) is 5.33. The molecule has 0 saturated carbocycles. The maximum atomic E-state index is 13.2. The summed E-state index contributed by atoms with van der Waals surface area (Å²) < 4.78 is 6.80. The minimum atomic E-state index is -1.11. The quantitative estimate of drug-likeness (QED) is 0.442. The number of benzene rings is 2. The number of anilines is 2. The number of nitrogens with one attached hydrogen (secondary N) is 1. The van der Waals surface area contributed by atoms with Crippen molar-refractivity contribution < 1.29 is 14.6 Å². The Bertz CT molecular complexity index is 1260. The number of rotatable bonds is 8. The zero-order valence-corrected chi connectivity index (χ0v) is 19.1. The van der Waals surface area contributed by atoms with Gasteiger partial charge in [-0.2, -0.15) is 0 Å². The SMILES string of the molecule is CC(Oc1ccc(Cl)cc1Cl)C(=O)N(CCO)c1c(N)n(Cc2ccccc2)c(=O)[nH]c1=O. The number of nitrogen functional groups attached to an aromatic ring is 1. The number of aromatic nitrogens is 2. The number of carbonyl (C=O) groups excluding carboxylic acids is 1. The van der Waals surface area contributed by atoms with Crippen LogP contribution in [0.1, 0.15) is 12.5 Å². The lowest BCUT2D eigenvalue weighted by atomic mass is 10.2. The standard InChI is InChI=1S/C22H22Cl2N4O5/c1-13(33-17-8-7-15(23)11-16(17)24)21(31)27(9-10-29)18-19(25)28(22(32)26-20(18)30)12-14-5-3-2-4-6-14/h2-8,11,13,29H,9-10,12,25H2,1H3,(H,26,30,32). The van der Waals surface area contributed by atoms with Crippen molar-refractivity contribution in [3.8, 4) is 5.75 Å². The maximum Gasteiger partial charge on any atom is 0.330 e. The summed E-state index contributed by atoms with van der Waals surface area (Å²) in [6.07, 6.45) is -1.11. The molecule has 9 nitrogen and oxygen atoms in total. The smallest absolute Gasteiger partial charge is 0.330 e. The van der Waals surface area contributed by atoms with Gasteiger partial charge >= 0.3 is 5.69 Å². The highest BCUT2D eigenvalue weighted by molar-refractivity contribution is 6.35. The van der Waals surface area contributed by atoms with Crippen molar-refractivity contribution in [1.82, 2.24) is 9.55 Å². The minimum absolute atomic E-state index is 0.0723. The van der Waals surface area contributed by atoms with Gasteiger partial charge in [0.1, 0.15) is 11.6 Å². The highest BCUT2D eigenvalue weighted by Crippen LogP contribution is 2.29. The minimum Gasteiger partial charge on any atom is -0.479 e. The van der Waals surface area contributed by atoms with Crippen molar-refractivity contribution in [1.29, 1.82) is 0 Å². The van der Waals surface area contributed by atoms with Gasteiger partial charge in [0, 0.05) is 11.6 Å². The van der Waals surface area contributed by atoms with Gasteiger partial charge < -0.3 is 15.6 Å². The molecule has 174 valence electrons. The molecule has 0 aliphatic rings. The number of aliphatic hydroxyl groups excluding tert-OH is 1. The lowest BCUT2D eigenvalue weighted by Gasteiger charge is -2.27. The Kier molecular flexibility index (Phi) is 7.80. The Balaban J connectivity index is 1.98. The molecule has 2 aromatic carbocycles. The number of amides is 1. The molecular weight excluding hydrogens is 471 g/mol. The van der Waals surface area contributed by atoms with E-state index < -0.39 is 29.9 Å². The number of ether oxygens (including phenoxy) is 1. The lowest BCUT2D eigenvalue weighted by molar-refractivity contribution is -0.124. The van der Waals surface area contributed by atoms with Crippen molar-refractivity contribution in [2.24, 2.45) is 0 Å². The fourth-order valence-corrected chi connectivity index (χ4v) is 3.68. The predicted octanol–water partition coefficient (Wildman–Crippen LogP) is 2.27. The lowest BCUT2D eigenvalue weighted by Crippen LogP contribution is -2.47. The Labute approximate surface area is 198 Å². The van der Waals surface area contributed by atoms with Gasteiger partial charge in [0.15, 0.2) is 11.8 Å². The van der Waals surface area contributed by atoms with E-state index in [0.29, 0.717) is 5.02 Å². The molecule has 11 heteroatoms. The molecule has 0 saturated heterocycles. The predicted molar refractivity (Wildman–Crippen MR) is 127 cm³/mol. The monoisotopic (exact) mass is 492 g/mol. The van der Waals surface area contributed by atoms with E-state index in [0.717, 1.165) is 15.0 Å². The molecule has 0 spiro atoms. The van der Waals surface area contributed by atoms with Crippen molar-refractivity contribution in [3.05, 3.63) is 85.0 Å². The van der Waals surface area contributed by atoms with E-state index in [1.807, 2.05) is 6.07 Å². The zero-order valence-electron chi connectivity index (χ0n) is 17.6. The number of H-pyrrole nitrogens is 1. The normalized spacial score (nSPS) is 11.8. The first-order valence-electron chi connectivity index (χ1n) is 9.93. The van der Waals surface area contributed by atoms with E-state index >= 15 is 0 Å². The number of aromatic amines is 1. The number of halogens is 2. The first-order valence-corrected chi connectivity index (χ1v) is 10.7. The molecule has 1 heterocycles. The van der Waals surface area contributed by atoms with Gasteiger partial charge in [-0.1, -0.05) is 53.5 Å². The van der Waals surface area contributed by atoms with Gasteiger partial charge in [-0.05, 0) is 30.7 Å². The third-order valence-electron chi connectivity index (χ3n) is 4.80. The number of aliphatic hydroxyl groups is 1. The Morgan fingerprint density at radius 3 is 2.55 bits per heavy atom. The fraction of sp³-hybridized carbons (Fsp3) is 0.227. The summed E-state index contributed by atoms with van der Waals surface area (Å²) in [6, 6.07) is 13.5. The Morgan fingerprint density at radius 2 is 1.91 bits per heavy atom. The first-order chi connectivity index (χ1) is 15.7. The van der Waals surface area contributed by atoms with Crippen LogP contribution >= 0.6 is 23.2 Å². The van der Waals surface area contributed by atoms with Crippen LogP contribution in [0.5, 0.6) is 5.75 Å². The molecule has 0 bridgehead atoms. The van der Waals surface area contributed by atoms with Gasteiger partial charge in [-0.15, -0.1) is 0 Å². The van der Waals surface area contributed by atoms with Crippen LogP contribution in [0.25, 0.3) is 0 Å². The summed E-state index contributed by atoms with van der Waals surface area (Å²) in [7, 11) is 0. The maximum absolute atomic E-state index is 13.2. The van der Waals surface area contributed by atoms with E-state index in [4.69, 9.17) is 33.7 Å². The largest absolute Gasteiger partial charge is 0.479 e. The molecule has 0 radical (unpaired) electrons. The van der Waals surface area contributed by atoms with Gasteiger partial charge in [0.25, 0.3) is 11.5 Å². The number of carbonyl (C=O) groups is 1. The second-order valence-corrected chi connectivity index (χ2v) is 7.96. The zero-order chi connectivity index (χ0) is 24.1. The van der Waals surface area contributed by atoms with Gasteiger partial charge in [0.2, 0.25) is 0 Å². The molecule has 0 aliphatic carbocycles. The van der Waals surface area contributed by atoms with E-state index in [1.54, 1.807) is 30.3 Å². The molecule has 1 aromatic heterocycles. The summed E-state index contributed by atoms with van der Waals surface area (Å²) in [4.78, 5) is 41.5. The van der Waals surface area contributed by atoms with Gasteiger partial charge in [-0.3, -0.25) is 24.0 Å². The molecule has 1 unspecified atom stereocenters. The molecule has 0 aliphatic heterocycles. The molecule has 33 heavy (non-hydrogen) atoms. The van der Waals surface area contributed by atoms with Crippen LogP contribution in [0.15, 0.2) is 58.1 Å². The Hall–Kier alpha value is -3.27. The topological polar surface area (TPSA) is 131 Å². The summed E-state index contributed by atoms with van der Waals surface area (Å²) in [5.74, 6) is -0.676. The van der Waals surface area contributed by atoms with Crippen LogP contribution in [0.2, 0.25) is 10.0 Å². The second-order valence-electron chi connectivity index (χ2n) is 7.11. The van der Waals surface area contributed by atoms with Gasteiger partial charge in [-0.25, -0.2) is 4.79 Å². The van der Waals surface area contributed by atoms with E-state index in [2.05, 4.69) is 4.98 Å². The van der Waals surface area contributed by atoms with Crippen LogP contribution in [0, 0.1) is 0 Å². The van der Waals surface area contributed by atoms with Crippen molar-refractivity contribution in [2.45, 2.75) is 19.6 Å². The second kappa shape index (κ2) is 10.6. The molecule has 1 atom stereocenters. The van der Waals surface area contributed by atoms with Crippen LogP contribution in [0.3, 0.4) is 0 Å². The molecule has 4 N–H and O–H groups in total. The third kappa shape index (κ3) is 5.57. The molecule has 3 rings (SSSR count). The fourth-order valence-electron chi connectivity index (χ4n) is 3.22. The van der Waals surface area contributed by atoms with E-state index in [9.17, 15) is 19.5 Å². The molecule has 0 fully saturated rings. The molecule has 3 aromatic rings. The molecule has 1 amide bonds. The van der Waals surface area contributed by atoms with Crippen LogP contribution in [-0.2, 0) is 11.3 Å². The van der Waals surface area contributed by atoms with E-state index in [1.165, 1.54) is 19.1 Å². The van der Waals surface area contributed by atoms with Gasteiger partial charge in [0.05, 0.1) is 18.2 Å². The van der Waals surface area contributed by atoms with Crippen LogP contribution in [-0.4, -0.2) is 39.8 Å². The first kappa shape index (κ1) is 24.4. The van der Waals surface area contributed by atoms with Crippen LogP contribution in [0.4, 0.5) is 11.5 Å². The number of hydrogen-bond donors (Lipinski definition) is 3. The number of nitrogens with two attached hydrogens (primary N) is 1. The summed E-state index contributed by atoms with van der Waals surface area (Å²) in [5.41, 5.74) is 5.10. The highest BCUT2D eigenvalue weighted by Gasteiger charge is 2.29. The van der Waals surface area contributed by atoms with Crippen molar-refractivity contribution in [3.63, 3.8) is 0 Å². The summed E-state index contributed by atoms with van der Waals surface area (Å²) in [5, 5.41) is 10.1. The Morgan fingerprint density at radius 1 is 1.21 bits per heavy atom. The van der Waals surface area contributed by atoms with Crippen molar-refractivity contribution >= 4 is 40.6 Å². The van der Waals surface area contributed by atoms with Crippen LogP contribution < -0.4 is 26.6 Å². The number of nitrogens with zero attached hydrogens (tertiary/aromatic N) is 2. The highest BCUT2D eigenvalue weighted by atomic mass is 35.5. The van der Waals surface area contributed by atoms with Crippen molar-refractivity contribution in [2.75, 3.05) is 23.8 Å². The summed E-state index contributed by atoms with van der Waals surface area (Å²) in [6.45, 7) is 0.819.